The van der Waals surface area contributed by atoms with Gasteiger partial charge in [0, 0.05) is 13.1 Å². The predicted octanol–water partition coefficient (Wildman–Crippen LogP) is 3.42. The first kappa shape index (κ1) is 13.8. The van der Waals surface area contributed by atoms with Crippen LogP contribution in [0.3, 0.4) is 0 Å². The summed E-state index contributed by atoms with van der Waals surface area (Å²) in [6.07, 6.45) is 1.89. The number of rotatable bonds is 3. The zero-order chi connectivity index (χ0) is 15.8. The van der Waals surface area contributed by atoms with Crippen LogP contribution in [0.5, 0.6) is 0 Å². The minimum atomic E-state index is -0.0249. The fourth-order valence-electron chi connectivity index (χ4n) is 3.18. The molecular weight excluding hydrogens is 286 g/mol. The number of benzene rings is 2. The van der Waals surface area contributed by atoms with E-state index in [1.807, 2.05) is 70.1 Å². The van der Waals surface area contributed by atoms with Crippen LogP contribution in [-0.4, -0.2) is 26.9 Å². The molecule has 0 fully saturated rings. The molecule has 2 aromatic carbocycles. The summed E-state index contributed by atoms with van der Waals surface area (Å²) in [4.78, 5) is 19.3. The van der Waals surface area contributed by atoms with Crippen molar-refractivity contribution in [2.75, 3.05) is 6.54 Å². The van der Waals surface area contributed by atoms with Gasteiger partial charge in [-0.25, -0.2) is 4.98 Å². The Balaban J connectivity index is 1.77. The summed E-state index contributed by atoms with van der Waals surface area (Å²) in [5, 5.41) is 0. The maximum Gasteiger partial charge on any atom is 0.290 e. The smallest absolute Gasteiger partial charge is 0.290 e. The standard InChI is InChI=1S/C19H17N3O/c1-2-15-13-21(12-14-8-4-3-5-9-14)19(23)18-20-16-10-6-7-11-17(16)22(15)18/h2-11,15H,1,12-13H2/t15-/m1/s1. The summed E-state index contributed by atoms with van der Waals surface area (Å²) in [5.41, 5.74) is 2.96. The van der Waals surface area contributed by atoms with Crippen molar-refractivity contribution < 1.29 is 4.79 Å². The first-order chi connectivity index (χ1) is 11.3. The number of imidazole rings is 1. The SMILES string of the molecule is C=C[C@@H]1CN(Cc2ccccc2)C(=O)c2nc3ccccc3n21. The van der Waals surface area contributed by atoms with E-state index in [-0.39, 0.29) is 11.9 Å². The molecule has 3 aromatic rings. The topological polar surface area (TPSA) is 38.1 Å². The zero-order valence-corrected chi connectivity index (χ0v) is 12.7. The molecule has 0 bridgehead atoms. The molecule has 114 valence electrons. The molecule has 0 aliphatic carbocycles. The Labute approximate surface area is 134 Å². The number of para-hydroxylation sites is 2. The van der Waals surface area contributed by atoms with Gasteiger partial charge in [0.25, 0.3) is 5.91 Å². The second kappa shape index (κ2) is 5.39. The molecule has 1 aliphatic heterocycles. The average molecular weight is 303 g/mol. The molecule has 1 aliphatic rings. The highest BCUT2D eigenvalue weighted by molar-refractivity contribution is 5.96. The van der Waals surface area contributed by atoms with Crippen LogP contribution in [0.2, 0.25) is 0 Å². The molecule has 0 spiro atoms. The van der Waals surface area contributed by atoms with E-state index in [0.717, 1.165) is 16.6 Å². The van der Waals surface area contributed by atoms with Crippen molar-refractivity contribution in [3.05, 3.63) is 78.6 Å². The van der Waals surface area contributed by atoms with Crippen molar-refractivity contribution >= 4 is 16.9 Å². The van der Waals surface area contributed by atoms with Crippen LogP contribution in [0.25, 0.3) is 11.0 Å². The van der Waals surface area contributed by atoms with E-state index >= 15 is 0 Å². The van der Waals surface area contributed by atoms with Crippen molar-refractivity contribution in [3.8, 4) is 0 Å². The Morgan fingerprint density at radius 2 is 1.87 bits per heavy atom. The molecule has 1 aromatic heterocycles. The number of carbonyl (C=O) groups is 1. The molecule has 4 heteroatoms. The summed E-state index contributed by atoms with van der Waals surface area (Å²) in [5.74, 6) is 0.474. The molecular formula is C19H17N3O. The van der Waals surface area contributed by atoms with E-state index in [9.17, 15) is 4.79 Å². The lowest BCUT2D eigenvalue weighted by molar-refractivity contribution is 0.0668. The number of carbonyl (C=O) groups excluding carboxylic acids is 1. The van der Waals surface area contributed by atoms with Gasteiger partial charge in [0.2, 0.25) is 5.82 Å². The van der Waals surface area contributed by atoms with Gasteiger partial charge in [-0.15, -0.1) is 6.58 Å². The van der Waals surface area contributed by atoms with E-state index in [4.69, 9.17) is 0 Å². The quantitative estimate of drug-likeness (QED) is 0.695. The lowest BCUT2D eigenvalue weighted by Crippen LogP contribution is -2.42. The zero-order valence-electron chi connectivity index (χ0n) is 12.7. The van der Waals surface area contributed by atoms with Gasteiger partial charge in [-0.1, -0.05) is 48.5 Å². The van der Waals surface area contributed by atoms with Gasteiger partial charge in [-0.05, 0) is 17.7 Å². The fourth-order valence-corrected chi connectivity index (χ4v) is 3.18. The molecule has 0 saturated carbocycles. The van der Waals surface area contributed by atoms with Gasteiger partial charge in [-0.2, -0.15) is 0 Å². The minimum Gasteiger partial charge on any atom is -0.329 e. The Bertz CT molecular complexity index is 882. The van der Waals surface area contributed by atoms with Gasteiger partial charge in [-0.3, -0.25) is 4.79 Å². The van der Waals surface area contributed by atoms with Crippen molar-refractivity contribution in [2.24, 2.45) is 0 Å². The maximum absolute atomic E-state index is 12.9. The third-order valence-electron chi connectivity index (χ3n) is 4.30. The molecule has 1 amide bonds. The number of hydrogen-bond donors (Lipinski definition) is 0. The van der Waals surface area contributed by atoms with E-state index in [1.165, 1.54) is 0 Å². The van der Waals surface area contributed by atoms with Gasteiger partial charge in [0.15, 0.2) is 0 Å². The Kier molecular flexibility index (Phi) is 3.23. The Morgan fingerprint density at radius 3 is 2.65 bits per heavy atom. The molecule has 0 unspecified atom stereocenters. The minimum absolute atomic E-state index is 0.0249. The van der Waals surface area contributed by atoms with Crippen molar-refractivity contribution in [3.63, 3.8) is 0 Å². The van der Waals surface area contributed by atoms with Crippen LogP contribution in [0.1, 0.15) is 22.2 Å². The molecule has 4 rings (SSSR count). The Morgan fingerprint density at radius 1 is 1.13 bits per heavy atom. The molecule has 2 heterocycles. The van der Waals surface area contributed by atoms with Crippen LogP contribution in [-0.2, 0) is 6.54 Å². The number of aromatic nitrogens is 2. The van der Waals surface area contributed by atoms with E-state index in [1.54, 1.807) is 0 Å². The number of fused-ring (bicyclic) bond motifs is 3. The Hall–Kier alpha value is -2.88. The third-order valence-corrected chi connectivity index (χ3v) is 4.30. The van der Waals surface area contributed by atoms with E-state index in [0.29, 0.717) is 18.9 Å². The second-order valence-corrected chi connectivity index (χ2v) is 5.77. The maximum atomic E-state index is 12.9. The molecule has 0 radical (unpaired) electrons. The average Bonchev–Trinajstić information content (AvgIpc) is 2.98. The fraction of sp³-hybridized carbons (Fsp3) is 0.158. The lowest BCUT2D eigenvalue weighted by atomic mass is 10.1. The number of hydrogen-bond acceptors (Lipinski definition) is 2. The van der Waals surface area contributed by atoms with Gasteiger partial charge >= 0.3 is 0 Å². The normalized spacial score (nSPS) is 17.3. The van der Waals surface area contributed by atoms with Crippen LogP contribution in [0.4, 0.5) is 0 Å². The highest BCUT2D eigenvalue weighted by Crippen LogP contribution is 2.28. The highest BCUT2D eigenvalue weighted by atomic mass is 16.2. The summed E-state index contributed by atoms with van der Waals surface area (Å²) < 4.78 is 2.01. The van der Waals surface area contributed by atoms with E-state index < -0.39 is 0 Å². The van der Waals surface area contributed by atoms with Gasteiger partial charge in [0.05, 0.1) is 17.1 Å². The first-order valence-electron chi connectivity index (χ1n) is 7.70. The molecule has 1 atom stereocenters. The monoisotopic (exact) mass is 303 g/mol. The van der Waals surface area contributed by atoms with Gasteiger partial charge < -0.3 is 9.47 Å². The summed E-state index contributed by atoms with van der Waals surface area (Å²) in [6.45, 7) is 5.16. The lowest BCUT2D eigenvalue weighted by Gasteiger charge is -2.32. The van der Waals surface area contributed by atoms with Crippen LogP contribution < -0.4 is 0 Å². The summed E-state index contributed by atoms with van der Waals surface area (Å²) in [7, 11) is 0. The van der Waals surface area contributed by atoms with Crippen LogP contribution in [0, 0.1) is 0 Å². The molecule has 0 saturated heterocycles. The number of nitrogens with zero attached hydrogens (tertiary/aromatic N) is 3. The van der Waals surface area contributed by atoms with Crippen molar-refractivity contribution in [1.82, 2.24) is 14.5 Å². The van der Waals surface area contributed by atoms with Gasteiger partial charge in [0.1, 0.15) is 0 Å². The van der Waals surface area contributed by atoms with E-state index in [2.05, 4.69) is 11.6 Å². The molecule has 4 nitrogen and oxygen atoms in total. The summed E-state index contributed by atoms with van der Waals surface area (Å²) in [6, 6.07) is 17.9. The third kappa shape index (κ3) is 2.23. The highest BCUT2D eigenvalue weighted by Gasteiger charge is 2.32. The largest absolute Gasteiger partial charge is 0.329 e. The number of amides is 1. The van der Waals surface area contributed by atoms with Crippen molar-refractivity contribution in [1.29, 1.82) is 0 Å². The predicted molar refractivity (Wildman–Crippen MR) is 90.1 cm³/mol. The summed E-state index contributed by atoms with van der Waals surface area (Å²) >= 11 is 0. The van der Waals surface area contributed by atoms with Crippen LogP contribution in [0.15, 0.2) is 67.3 Å². The molecule has 0 N–H and O–H groups in total. The second-order valence-electron chi connectivity index (χ2n) is 5.77. The first-order valence-corrected chi connectivity index (χ1v) is 7.70. The molecule has 23 heavy (non-hydrogen) atoms. The van der Waals surface area contributed by atoms with Crippen molar-refractivity contribution in [2.45, 2.75) is 12.6 Å². The van der Waals surface area contributed by atoms with Crippen LogP contribution >= 0.6 is 0 Å².